The number of hydrogen-bond acceptors (Lipinski definition) is 3. The molecule has 0 aliphatic rings. The lowest BCUT2D eigenvalue weighted by Crippen LogP contribution is -2.45. The van der Waals surface area contributed by atoms with Crippen LogP contribution in [-0.2, 0) is 11.3 Å². The molecule has 0 atom stereocenters. The standard InChI is InChI=1S/C15H22ClF2N3O2/c1-15(2,22-4)9-21-14(19-3)20-8-10-7-11(16)5-6-12(10)23-13(17)18/h5-7,13H,8-9H2,1-4H3,(H2,19,20,21). The van der Waals surface area contributed by atoms with Crippen LogP contribution in [-0.4, -0.2) is 38.9 Å². The van der Waals surface area contributed by atoms with Gasteiger partial charge < -0.3 is 20.1 Å². The molecule has 1 aromatic rings. The zero-order valence-electron chi connectivity index (χ0n) is 13.6. The first kappa shape index (κ1) is 19.4. The van der Waals surface area contributed by atoms with E-state index in [1.807, 2.05) is 13.8 Å². The number of rotatable bonds is 7. The van der Waals surface area contributed by atoms with Crippen molar-refractivity contribution in [1.29, 1.82) is 0 Å². The average molecular weight is 350 g/mol. The highest BCUT2D eigenvalue weighted by molar-refractivity contribution is 6.30. The molecule has 0 amide bonds. The van der Waals surface area contributed by atoms with E-state index in [-0.39, 0.29) is 17.9 Å². The van der Waals surface area contributed by atoms with Crippen molar-refractivity contribution in [2.75, 3.05) is 20.7 Å². The van der Waals surface area contributed by atoms with Crippen LogP contribution in [0.1, 0.15) is 19.4 Å². The van der Waals surface area contributed by atoms with E-state index < -0.39 is 6.61 Å². The maximum Gasteiger partial charge on any atom is 0.387 e. The molecule has 0 aliphatic carbocycles. The van der Waals surface area contributed by atoms with Crippen molar-refractivity contribution in [3.05, 3.63) is 28.8 Å². The van der Waals surface area contributed by atoms with Crippen LogP contribution in [0.15, 0.2) is 23.2 Å². The largest absolute Gasteiger partial charge is 0.434 e. The van der Waals surface area contributed by atoms with Crippen molar-refractivity contribution in [3.63, 3.8) is 0 Å². The minimum Gasteiger partial charge on any atom is -0.434 e. The second kappa shape index (κ2) is 8.88. The molecule has 0 spiro atoms. The molecule has 5 nitrogen and oxygen atoms in total. The number of aliphatic imine (C=N–C) groups is 1. The van der Waals surface area contributed by atoms with Gasteiger partial charge in [0.25, 0.3) is 0 Å². The Morgan fingerprint density at radius 1 is 1.35 bits per heavy atom. The Hall–Kier alpha value is -1.60. The van der Waals surface area contributed by atoms with E-state index in [1.54, 1.807) is 20.2 Å². The quantitative estimate of drug-likeness (QED) is 0.587. The minimum atomic E-state index is -2.89. The summed E-state index contributed by atoms with van der Waals surface area (Å²) in [5.74, 6) is 0.586. The van der Waals surface area contributed by atoms with Crippen LogP contribution in [0.4, 0.5) is 8.78 Å². The fourth-order valence-corrected chi connectivity index (χ4v) is 1.86. The molecule has 0 saturated carbocycles. The number of alkyl halides is 2. The maximum atomic E-state index is 12.4. The summed E-state index contributed by atoms with van der Waals surface area (Å²) in [7, 11) is 3.24. The lowest BCUT2D eigenvalue weighted by molar-refractivity contribution is -0.0504. The first-order valence-corrected chi connectivity index (χ1v) is 7.38. The van der Waals surface area contributed by atoms with E-state index in [9.17, 15) is 8.78 Å². The van der Waals surface area contributed by atoms with Crippen molar-refractivity contribution in [2.24, 2.45) is 4.99 Å². The molecular formula is C15H22ClF2N3O2. The SMILES string of the molecule is CN=C(NCc1cc(Cl)ccc1OC(F)F)NCC(C)(C)OC. The van der Waals surface area contributed by atoms with E-state index >= 15 is 0 Å². The number of methoxy groups -OCH3 is 1. The molecular weight excluding hydrogens is 328 g/mol. The highest BCUT2D eigenvalue weighted by atomic mass is 35.5. The summed E-state index contributed by atoms with van der Waals surface area (Å²) in [6.45, 7) is 1.72. The fraction of sp³-hybridized carbons (Fsp3) is 0.533. The van der Waals surface area contributed by atoms with Gasteiger partial charge in [-0.25, -0.2) is 0 Å². The molecule has 0 saturated heterocycles. The Morgan fingerprint density at radius 2 is 2.04 bits per heavy atom. The number of nitrogens with one attached hydrogen (secondary N) is 2. The minimum absolute atomic E-state index is 0.0737. The molecule has 0 heterocycles. The molecule has 0 aromatic heterocycles. The van der Waals surface area contributed by atoms with Crippen LogP contribution >= 0.6 is 11.6 Å². The van der Waals surface area contributed by atoms with Crippen molar-refractivity contribution < 1.29 is 18.3 Å². The van der Waals surface area contributed by atoms with Crippen molar-refractivity contribution >= 4 is 17.6 Å². The number of nitrogens with zero attached hydrogens (tertiary/aromatic N) is 1. The Kier molecular flexibility index (Phi) is 7.51. The molecule has 0 unspecified atom stereocenters. The summed E-state index contributed by atoms with van der Waals surface area (Å²) in [4.78, 5) is 4.07. The van der Waals surface area contributed by atoms with E-state index in [2.05, 4.69) is 20.4 Å². The molecule has 0 bridgehead atoms. The summed E-state index contributed by atoms with van der Waals surface area (Å²) in [6.07, 6.45) is 0. The second-order valence-corrected chi connectivity index (χ2v) is 5.81. The molecule has 1 aromatic carbocycles. The number of guanidine groups is 1. The number of benzene rings is 1. The topological polar surface area (TPSA) is 54.9 Å². The third kappa shape index (κ3) is 7.00. The highest BCUT2D eigenvalue weighted by Crippen LogP contribution is 2.24. The summed E-state index contributed by atoms with van der Waals surface area (Å²) >= 11 is 5.91. The Balaban J connectivity index is 2.70. The second-order valence-electron chi connectivity index (χ2n) is 5.37. The molecule has 23 heavy (non-hydrogen) atoms. The molecule has 2 N–H and O–H groups in total. The van der Waals surface area contributed by atoms with Crippen molar-refractivity contribution in [3.8, 4) is 5.75 Å². The van der Waals surface area contributed by atoms with E-state index in [0.717, 1.165) is 0 Å². The number of halogens is 3. The van der Waals surface area contributed by atoms with Gasteiger partial charge in [-0.15, -0.1) is 0 Å². The Bertz CT molecular complexity index is 539. The van der Waals surface area contributed by atoms with Gasteiger partial charge in [-0.2, -0.15) is 8.78 Å². The molecule has 0 aliphatic heterocycles. The van der Waals surface area contributed by atoms with Crippen LogP contribution in [0.5, 0.6) is 5.75 Å². The fourth-order valence-electron chi connectivity index (χ4n) is 1.67. The third-order valence-electron chi connectivity index (χ3n) is 3.14. The molecule has 0 radical (unpaired) electrons. The van der Waals surface area contributed by atoms with Crippen LogP contribution in [0.3, 0.4) is 0 Å². The normalized spacial score (nSPS) is 12.4. The van der Waals surface area contributed by atoms with Gasteiger partial charge in [0, 0.05) is 37.8 Å². The highest BCUT2D eigenvalue weighted by Gasteiger charge is 2.17. The summed E-state index contributed by atoms with van der Waals surface area (Å²) < 4.78 is 34.7. The summed E-state index contributed by atoms with van der Waals surface area (Å²) in [5.41, 5.74) is 0.143. The van der Waals surface area contributed by atoms with Crippen LogP contribution in [0.2, 0.25) is 5.02 Å². The molecule has 130 valence electrons. The van der Waals surface area contributed by atoms with Gasteiger partial charge in [-0.3, -0.25) is 4.99 Å². The van der Waals surface area contributed by atoms with Crippen molar-refractivity contribution in [1.82, 2.24) is 10.6 Å². The van der Waals surface area contributed by atoms with Gasteiger partial charge in [-0.1, -0.05) is 11.6 Å². The van der Waals surface area contributed by atoms with Crippen LogP contribution < -0.4 is 15.4 Å². The van der Waals surface area contributed by atoms with Gasteiger partial charge >= 0.3 is 6.61 Å². The maximum absolute atomic E-state index is 12.4. The number of hydrogen-bond donors (Lipinski definition) is 2. The summed E-state index contributed by atoms with van der Waals surface area (Å²) in [5, 5.41) is 6.56. The zero-order valence-corrected chi connectivity index (χ0v) is 14.4. The Labute approximate surface area is 140 Å². The van der Waals surface area contributed by atoms with Crippen LogP contribution in [0, 0.1) is 0 Å². The van der Waals surface area contributed by atoms with Gasteiger partial charge in [-0.05, 0) is 32.0 Å². The lowest BCUT2D eigenvalue weighted by Gasteiger charge is -2.24. The smallest absolute Gasteiger partial charge is 0.387 e. The Morgan fingerprint density at radius 3 is 2.61 bits per heavy atom. The summed E-state index contributed by atoms with van der Waals surface area (Å²) in [6, 6.07) is 4.48. The third-order valence-corrected chi connectivity index (χ3v) is 3.38. The molecule has 8 heteroatoms. The first-order valence-electron chi connectivity index (χ1n) is 7.00. The van der Waals surface area contributed by atoms with Gasteiger partial charge in [0.15, 0.2) is 5.96 Å². The van der Waals surface area contributed by atoms with E-state index in [4.69, 9.17) is 16.3 Å². The van der Waals surface area contributed by atoms with Gasteiger partial charge in [0.05, 0.1) is 5.60 Å². The number of ether oxygens (including phenoxy) is 2. The van der Waals surface area contributed by atoms with Crippen molar-refractivity contribution in [2.45, 2.75) is 32.6 Å². The molecule has 0 fully saturated rings. The zero-order chi connectivity index (χ0) is 17.5. The van der Waals surface area contributed by atoms with Gasteiger partial charge in [0.2, 0.25) is 0 Å². The van der Waals surface area contributed by atoms with E-state index in [0.29, 0.717) is 23.1 Å². The predicted molar refractivity (Wildman–Crippen MR) is 87.4 cm³/mol. The van der Waals surface area contributed by atoms with E-state index in [1.165, 1.54) is 12.1 Å². The first-order chi connectivity index (χ1) is 10.8. The average Bonchev–Trinajstić information content (AvgIpc) is 2.49. The predicted octanol–water partition coefficient (Wildman–Crippen LogP) is 3.03. The van der Waals surface area contributed by atoms with Crippen LogP contribution in [0.25, 0.3) is 0 Å². The van der Waals surface area contributed by atoms with Gasteiger partial charge in [0.1, 0.15) is 5.75 Å². The lowest BCUT2D eigenvalue weighted by atomic mass is 10.1. The molecule has 1 rings (SSSR count). The monoisotopic (exact) mass is 349 g/mol.